The molecule has 0 aliphatic carbocycles. The smallest absolute Gasteiger partial charge is 0.271 e. The van der Waals surface area contributed by atoms with E-state index in [1.54, 1.807) is 37.4 Å². The topological polar surface area (TPSA) is 79.8 Å². The van der Waals surface area contributed by atoms with Crippen LogP contribution in [0.1, 0.15) is 31.8 Å². The lowest BCUT2D eigenvalue weighted by atomic mass is 10.1. The van der Waals surface area contributed by atoms with Crippen molar-refractivity contribution in [2.24, 2.45) is 5.10 Å². The first-order valence-corrected chi connectivity index (χ1v) is 9.02. The molecule has 29 heavy (non-hydrogen) atoms. The molecule has 2 amide bonds. The first kappa shape index (κ1) is 19.8. The second-order valence-electron chi connectivity index (χ2n) is 6.29. The van der Waals surface area contributed by atoms with Gasteiger partial charge in [0, 0.05) is 22.4 Å². The van der Waals surface area contributed by atoms with Crippen molar-refractivity contribution in [2.45, 2.75) is 6.92 Å². The van der Waals surface area contributed by atoms with E-state index in [0.29, 0.717) is 22.6 Å². The number of anilines is 1. The molecule has 0 atom stereocenters. The number of rotatable bonds is 6. The monoisotopic (exact) mass is 387 g/mol. The highest BCUT2D eigenvalue weighted by molar-refractivity contribution is 6.06. The zero-order valence-electron chi connectivity index (χ0n) is 16.2. The molecule has 0 fully saturated rings. The Morgan fingerprint density at radius 3 is 2.48 bits per heavy atom. The van der Waals surface area contributed by atoms with Gasteiger partial charge in [0.2, 0.25) is 0 Å². The molecule has 0 saturated heterocycles. The Morgan fingerprint density at radius 2 is 1.69 bits per heavy atom. The Hall–Kier alpha value is -3.93. The average Bonchev–Trinajstić information content (AvgIpc) is 2.74. The number of para-hydroxylation sites is 1. The van der Waals surface area contributed by atoms with Gasteiger partial charge in [-0.2, -0.15) is 5.10 Å². The predicted octanol–water partition coefficient (Wildman–Crippen LogP) is 4.02. The van der Waals surface area contributed by atoms with Gasteiger partial charge in [0.25, 0.3) is 11.8 Å². The van der Waals surface area contributed by atoms with E-state index in [2.05, 4.69) is 15.8 Å². The lowest BCUT2D eigenvalue weighted by molar-refractivity contribution is 0.0953. The quantitative estimate of drug-likeness (QED) is 0.495. The van der Waals surface area contributed by atoms with Gasteiger partial charge in [0.15, 0.2) is 0 Å². The molecule has 6 heteroatoms. The van der Waals surface area contributed by atoms with Gasteiger partial charge in [-0.3, -0.25) is 9.59 Å². The maximum absolute atomic E-state index is 12.5. The highest BCUT2D eigenvalue weighted by Gasteiger charge is 2.10. The summed E-state index contributed by atoms with van der Waals surface area (Å²) in [7, 11) is 1.57. The zero-order valence-corrected chi connectivity index (χ0v) is 16.2. The van der Waals surface area contributed by atoms with Crippen LogP contribution in [0.15, 0.2) is 77.9 Å². The molecule has 0 aromatic heterocycles. The first-order valence-electron chi connectivity index (χ1n) is 9.02. The summed E-state index contributed by atoms with van der Waals surface area (Å²) in [5.74, 6) is 0.0457. The largest absolute Gasteiger partial charge is 0.496 e. The average molecular weight is 387 g/mol. The predicted molar refractivity (Wildman–Crippen MR) is 114 cm³/mol. The molecule has 3 aromatic carbocycles. The Kier molecular flexibility index (Phi) is 6.37. The molecule has 0 heterocycles. The highest BCUT2D eigenvalue weighted by Crippen LogP contribution is 2.16. The van der Waals surface area contributed by atoms with E-state index in [9.17, 15) is 9.59 Å². The summed E-state index contributed by atoms with van der Waals surface area (Å²) in [4.78, 5) is 24.8. The van der Waals surface area contributed by atoms with E-state index in [0.717, 1.165) is 11.1 Å². The van der Waals surface area contributed by atoms with Gasteiger partial charge in [0.05, 0.1) is 13.3 Å². The Bertz CT molecular complexity index is 1060. The number of nitrogens with zero attached hydrogens (tertiary/aromatic N) is 1. The summed E-state index contributed by atoms with van der Waals surface area (Å²) in [6, 6.07) is 21.3. The number of carbonyl (C=O) groups is 2. The van der Waals surface area contributed by atoms with Crippen LogP contribution in [0.25, 0.3) is 0 Å². The third-order valence-electron chi connectivity index (χ3n) is 4.28. The van der Waals surface area contributed by atoms with E-state index in [1.807, 2.05) is 49.4 Å². The van der Waals surface area contributed by atoms with Crippen LogP contribution in [-0.2, 0) is 0 Å². The molecule has 0 unspecified atom stereocenters. The minimum absolute atomic E-state index is 0.227. The number of ether oxygens (including phenoxy) is 1. The summed E-state index contributed by atoms with van der Waals surface area (Å²) in [5, 5.41) is 6.80. The lowest BCUT2D eigenvalue weighted by Gasteiger charge is -2.09. The van der Waals surface area contributed by atoms with Gasteiger partial charge in [-0.25, -0.2) is 5.43 Å². The van der Waals surface area contributed by atoms with Crippen molar-refractivity contribution in [1.29, 1.82) is 0 Å². The number of carbonyl (C=O) groups excluding carboxylic acids is 2. The van der Waals surface area contributed by atoms with Gasteiger partial charge in [-0.05, 0) is 48.9 Å². The van der Waals surface area contributed by atoms with Crippen LogP contribution in [0.2, 0.25) is 0 Å². The van der Waals surface area contributed by atoms with Crippen molar-refractivity contribution >= 4 is 23.7 Å². The molecule has 0 aliphatic rings. The molecule has 0 saturated carbocycles. The summed E-state index contributed by atoms with van der Waals surface area (Å²) in [6.07, 6.45) is 1.51. The van der Waals surface area contributed by atoms with Crippen molar-refractivity contribution in [3.8, 4) is 5.75 Å². The zero-order chi connectivity index (χ0) is 20.6. The van der Waals surface area contributed by atoms with E-state index < -0.39 is 0 Å². The van der Waals surface area contributed by atoms with Crippen LogP contribution in [-0.4, -0.2) is 25.1 Å². The number of benzene rings is 3. The van der Waals surface area contributed by atoms with E-state index in [-0.39, 0.29) is 11.8 Å². The summed E-state index contributed by atoms with van der Waals surface area (Å²) in [5.41, 5.74) is 5.60. The summed E-state index contributed by atoms with van der Waals surface area (Å²) < 4.78 is 5.24. The standard InChI is InChI=1S/C23H21N3O3/c1-16-8-3-5-12-20(16)23(28)25-19-11-7-10-17(14-19)22(27)26-24-15-18-9-4-6-13-21(18)29-2/h3-15H,1-2H3,(H,25,28)(H,26,27). The number of hydrogen-bond acceptors (Lipinski definition) is 4. The van der Waals surface area contributed by atoms with E-state index in [1.165, 1.54) is 6.21 Å². The van der Waals surface area contributed by atoms with Crippen LogP contribution in [0.5, 0.6) is 5.75 Å². The van der Waals surface area contributed by atoms with Gasteiger partial charge in [-0.1, -0.05) is 36.4 Å². The fourth-order valence-corrected chi connectivity index (χ4v) is 2.76. The number of methoxy groups -OCH3 is 1. The van der Waals surface area contributed by atoms with Crippen LogP contribution in [0, 0.1) is 6.92 Å². The molecule has 3 aromatic rings. The van der Waals surface area contributed by atoms with Crippen LogP contribution < -0.4 is 15.5 Å². The minimum Gasteiger partial charge on any atom is -0.496 e. The number of amides is 2. The number of hydrazone groups is 1. The van der Waals surface area contributed by atoms with Crippen LogP contribution >= 0.6 is 0 Å². The number of aryl methyl sites for hydroxylation is 1. The van der Waals surface area contributed by atoms with Gasteiger partial charge in [0.1, 0.15) is 5.75 Å². The molecule has 0 radical (unpaired) electrons. The molecule has 0 spiro atoms. The third-order valence-corrected chi connectivity index (χ3v) is 4.28. The Balaban J connectivity index is 1.67. The van der Waals surface area contributed by atoms with Crippen molar-refractivity contribution in [1.82, 2.24) is 5.43 Å². The van der Waals surface area contributed by atoms with Gasteiger partial charge < -0.3 is 10.1 Å². The summed E-state index contributed by atoms with van der Waals surface area (Å²) >= 11 is 0. The lowest BCUT2D eigenvalue weighted by Crippen LogP contribution is -2.18. The molecule has 2 N–H and O–H groups in total. The fraction of sp³-hybridized carbons (Fsp3) is 0.0870. The van der Waals surface area contributed by atoms with Crippen LogP contribution in [0.3, 0.4) is 0 Å². The normalized spacial score (nSPS) is 10.6. The van der Waals surface area contributed by atoms with E-state index in [4.69, 9.17) is 4.74 Å². The molecular weight excluding hydrogens is 366 g/mol. The molecule has 146 valence electrons. The second-order valence-corrected chi connectivity index (χ2v) is 6.29. The molecule has 6 nitrogen and oxygen atoms in total. The molecule has 0 aliphatic heterocycles. The van der Waals surface area contributed by atoms with Gasteiger partial charge >= 0.3 is 0 Å². The highest BCUT2D eigenvalue weighted by atomic mass is 16.5. The summed E-state index contributed by atoms with van der Waals surface area (Å²) in [6.45, 7) is 1.87. The third kappa shape index (κ3) is 5.07. The second kappa shape index (κ2) is 9.32. The first-order chi connectivity index (χ1) is 14.1. The number of nitrogens with one attached hydrogen (secondary N) is 2. The Labute approximate surface area is 169 Å². The molecular formula is C23H21N3O3. The number of hydrogen-bond donors (Lipinski definition) is 2. The van der Waals surface area contributed by atoms with Crippen LogP contribution in [0.4, 0.5) is 5.69 Å². The van der Waals surface area contributed by atoms with E-state index >= 15 is 0 Å². The van der Waals surface area contributed by atoms with Crippen molar-refractivity contribution in [2.75, 3.05) is 12.4 Å². The maximum Gasteiger partial charge on any atom is 0.271 e. The maximum atomic E-state index is 12.5. The van der Waals surface area contributed by atoms with Crippen molar-refractivity contribution in [3.63, 3.8) is 0 Å². The van der Waals surface area contributed by atoms with Gasteiger partial charge in [-0.15, -0.1) is 0 Å². The Morgan fingerprint density at radius 1 is 0.931 bits per heavy atom. The molecule has 0 bridgehead atoms. The van der Waals surface area contributed by atoms with Crippen molar-refractivity contribution < 1.29 is 14.3 Å². The SMILES string of the molecule is COc1ccccc1C=NNC(=O)c1cccc(NC(=O)c2ccccc2C)c1. The molecule has 3 rings (SSSR count). The fourth-order valence-electron chi connectivity index (χ4n) is 2.76. The van der Waals surface area contributed by atoms with Crippen molar-refractivity contribution in [3.05, 3.63) is 95.1 Å². The minimum atomic E-state index is -0.386.